The van der Waals surface area contributed by atoms with Gasteiger partial charge in [0.25, 0.3) is 0 Å². The fraction of sp³-hybridized carbons (Fsp3) is 0.467. The second-order valence-electron chi connectivity index (χ2n) is 4.86. The zero-order valence-electron chi connectivity index (χ0n) is 12.8. The Hall–Kier alpha value is -0.630. The van der Waals surface area contributed by atoms with Gasteiger partial charge in [0, 0.05) is 41.1 Å². The molecule has 0 spiro atoms. The van der Waals surface area contributed by atoms with Gasteiger partial charge < -0.3 is 15.0 Å². The van der Waals surface area contributed by atoms with Crippen LogP contribution in [0.15, 0.2) is 29.2 Å². The van der Waals surface area contributed by atoms with Crippen molar-refractivity contribution in [3.8, 4) is 0 Å². The molecule has 1 aromatic rings. The average molecular weight is 391 g/mol. The lowest BCUT2D eigenvalue weighted by molar-refractivity contribution is -0.140. The SMILES string of the molecule is COC(=O)[C@H]1CN(C(=S)NCCSc2ccc(Cl)cc2)CCS1. The Morgan fingerprint density at radius 2 is 2.26 bits per heavy atom. The van der Waals surface area contributed by atoms with Crippen LogP contribution in [0.25, 0.3) is 0 Å². The van der Waals surface area contributed by atoms with Crippen molar-refractivity contribution in [3.05, 3.63) is 29.3 Å². The van der Waals surface area contributed by atoms with Crippen LogP contribution < -0.4 is 5.32 Å². The number of carbonyl (C=O) groups is 1. The van der Waals surface area contributed by atoms with E-state index < -0.39 is 0 Å². The van der Waals surface area contributed by atoms with E-state index in [-0.39, 0.29) is 11.2 Å². The zero-order chi connectivity index (χ0) is 16.7. The molecule has 1 N–H and O–H groups in total. The molecule has 1 aromatic carbocycles. The summed E-state index contributed by atoms with van der Waals surface area (Å²) >= 11 is 14.7. The zero-order valence-corrected chi connectivity index (χ0v) is 16.0. The number of thioether (sulfide) groups is 2. The predicted octanol–water partition coefficient (Wildman–Crippen LogP) is 2.90. The fourth-order valence-corrected chi connectivity index (χ4v) is 4.37. The Morgan fingerprint density at radius 1 is 1.52 bits per heavy atom. The van der Waals surface area contributed by atoms with Crippen LogP contribution in [-0.4, -0.2) is 59.5 Å². The maximum absolute atomic E-state index is 11.6. The number of rotatable bonds is 5. The summed E-state index contributed by atoms with van der Waals surface area (Å²) in [7, 11) is 1.42. The van der Waals surface area contributed by atoms with Crippen molar-refractivity contribution < 1.29 is 9.53 Å². The number of nitrogens with one attached hydrogen (secondary N) is 1. The van der Waals surface area contributed by atoms with Gasteiger partial charge in [-0.05, 0) is 36.5 Å². The van der Waals surface area contributed by atoms with Crippen molar-refractivity contribution >= 4 is 58.4 Å². The lowest BCUT2D eigenvalue weighted by Gasteiger charge is -2.33. The number of hydrogen-bond acceptors (Lipinski definition) is 5. The quantitative estimate of drug-likeness (QED) is 0.359. The molecule has 1 heterocycles. The number of nitrogens with zero attached hydrogens (tertiary/aromatic N) is 1. The Bertz CT molecular complexity index is 542. The molecule has 23 heavy (non-hydrogen) atoms. The molecule has 1 fully saturated rings. The van der Waals surface area contributed by atoms with Gasteiger partial charge >= 0.3 is 5.97 Å². The van der Waals surface area contributed by atoms with Crippen LogP contribution >= 0.6 is 47.3 Å². The summed E-state index contributed by atoms with van der Waals surface area (Å²) in [4.78, 5) is 14.9. The highest BCUT2D eigenvalue weighted by atomic mass is 35.5. The molecule has 0 saturated carbocycles. The molecule has 1 saturated heterocycles. The van der Waals surface area contributed by atoms with Gasteiger partial charge in [0.2, 0.25) is 0 Å². The number of halogens is 1. The van der Waals surface area contributed by atoms with Gasteiger partial charge in [-0.3, -0.25) is 4.79 Å². The number of carbonyl (C=O) groups excluding carboxylic acids is 1. The average Bonchev–Trinajstić information content (AvgIpc) is 2.59. The summed E-state index contributed by atoms with van der Waals surface area (Å²) in [6.07, 6.45) is 0. The number of thiocarbonyl (C=S) groups is 1. The van der Waals surface area contributed by atoms with E-state index in [1.165, 1.54) is 12.0 Å². The summed E-state index contributed by atoms with van der Waals surface area (Å²) in [6.45, 7) is 2.24. The molecule has 8 heteroatoms. The molecule has 0 unspecified atom stereocenters. The molecule has 1 aliphatic heterocycles. The minimum atomic E-state index is -0.180. The van der Waals surface area contributed by atoms with Crippen molar-refractivity contribution in [2.24, 2.45) is 0 Å². The summed E-state index contributed by atoms with van der Waals surface area (Å²) in [6, 6.07) is 7.79. The fourth-order valence-electron chi connectivity index (χ4n) is 2.08. The minimum absolute atomic E-state index is 0.156. The van der Waals surface area contributed by atoms with E-state index in [2.05, 4.69) is 5.32 Å². The highest BCUT2D eigenvalue weighted by Gasteiger charge is 2.28. The Labute approximate surface area is 155 Å². The molecule has 0 aromatic heterocycles. The van der Waals surface area contributed by atoms with Gasteiger partial charge in [-0.25, -0.2) is 0 Å². The summed E-state index contributed by atoms with van der Waals surface area (Å²) < 4.78 is 4.81. The predicted molar refractivity (Wildman–Crippen MR) is 103 cm³/mol. The molecule has 1 atom stereocenters. The van der Waals surface area contributed by atoms with Gasteiger partial charge in [-0.2, -0.15) is 0 Å². The first-order valence-corrected chi connectivity index (χ1v) is 10.0. The molecular weight excluding hydrogens is 372 g/mol. The number of esters is 1. The molecular formula is C15H19ClN2O2S3. The van der Waals surface area contributed by atoms with E-state index in [0.717, 1.165) is 29.6 Å². The Kier molecular flexibility index (Phi) is 7.82. The minimum Gasteiger partial charge on any atom is -0.468 e. The standard InChI is InChI=1S/C15H19ClN2O2S3/c1-20-14(19)13-10-18(7-9-23-13)15(21)17-6-8-22-12-4-2-11(16)3-5-12/h2-5,13H,6-10H2,1H3,(H,17,21)/t13-/m1/s1. The number of hydrogen-bond donors (Lipinski definition) is 1. The number of methoxy groups -OCH3 is 1. The second kappa shape index (κ2) is 9.61. The van der Waals surface area contributed by atoms with Crippen LogP contribution in [0.1, 0.15) is 0 Å². The lowest BCUT2D eigenvalue weighted by Crippen LogP contribution is -2.49. The van der Waals surface area contributed by atoms with E-state index in [4.69, 9.17) is 28.6 Å². The molecule has 126 valence electrons. The smallest absolute Gasteiger partial charge is 0.320 e. The van der Waals surface area contributed by atoms with E-state index in [0.29, 0.717) is 11.7 Å². The first kappa shape index (κ1) is 18.7. The maximum atomic E-state index is 11.6. The third-order valence-corrected chi connectivity index (χ3v) is 6.11. The molecule has 0 bridgehead atoms. The van der Waals surface area contributed by atoms with Gasteiger partial charge in [0.15, 0.2) is 5.11 Å². The first-order valence-electron chi connectivity index (χ1n) is 7.20. The molecule has 4 nitrogen and oxygen atoms in total. The second-order valence-corrected chi connectivity index (χ2v) is 8.16. The van der Waals surface area contributed by atoms with Crippen molar-refractivity contribution in [2.45, 2.75) is 10.1 Å². The molecule has 0 radical (unpaired) electrons. The van der Waals surface area contributed by atoms with Crippen LogP contribution in [0.5, 0.6) is 0 Å². The van der Waals surface area contributed by atoms with Crippen molar-refractivity contribution in [2.75, 3.05) is 38.2 Å². The lowest BCUT2D eigenvalue weighted by atomic mass is 10.3. The van der Waals surface area contributed by atoms with E-state index in [1.54, 1.807) is 23.5 Å². The monoisotopic (exact) mass is 390 g/mol. The number of ether oxygens (including phenoxy) is 1. The van der Waals surface area contributed by atoms with Crippen molar-refractivity contribution in [3.63, 3.8) is 0 Å². The summed E-state index contributed by atoms with van der Waals surface area (Å²) in [5.41, 5.74) is 0. The molecule has 1 aliphatic rings. The highest BCUT2D eigenvalue weighted by molar-refractivity contribution is 8.00. The van der Waals surface area contributed by atoms with E-state index in [9.17, 15) is 4.79 Å². The van der Waals surface area contributed by atoms with Gasteiger partial charge in [0.05, 0.1) is 7.11 Å². The van der Waals surface area contributed by atoms with Crippen LogP contribution in [0.4, 0.5) is 0 Å². The third-order valence-electron chi connectivity index (χ3n) is 3.28. The topological polar surface area (TPSA) is 41.6 Å². The van der Waals surface area contributed by atoms with E-state index >= 15 is 0 Å². The van der Waals surface area contributed by atoms with E-state index in [1.807, 2.05) is 29.2 Å². The van der Waals surface area contributed by atoms with Crippen LogP contribution in [0.3, 0.4) is 0 Å². The Balaban J connectivity index is 1.70. The van der Waals surface area contributed by atoms with Gasteiger partial charge in [0.1, 0.15) is 5.25 Å². The van der Waals surface area contributed by atoms with Crippen molar-refractivity contribution in [1.29, 1.82) is 0 Å². The van der Waals surface area contributed by atoms with Crippen LogP contribution in [-0.2, 0) is 9.53 Å². The van der Waals surface area contributed by atoms with Crippen LogP contribution in [0.2, 0.25) is 5.02 Å². The summed E-state index contributed by atoms with van der Waals surface area (Å²) in [5.74, 6) is 1.60. The third kappa shape index (κ3) is 6.06. The Morgan fingerprint density at radius 3 is 2.96 bits per heavy atom. The highest BCUT2D eigenvalue weighted by Crippen LogP contribution is 2.21. The van der Waals surface area contributed by atoms with Gasteiger partial charge in [-0.1, -0.05) is 11.6 Å². The normalized spacial score (nSPS) is 17.7. The summed E-state index contributed by atoms with van der Waals surface area (Å²) in [5, 5.41) is 4.56. The molecule has 0 aliphatic carbocycles. The van der Waals surface area contributed by atoms with Crippen molar-refractivity contribution in [1.82, 2.24) is 10.2 Å². The largest absolute Gasteiger partial charge is 0.468 e. The first-order chi connectivity index (χ1) is 11.1. The number of benzene rings is 1. The molecule has 0 amide bonds. The molecule has 2 rings (SSSR count). The van der Waals surface area contributed by atoms with Gasteiger partial charge in [-0.15, -0.1) is 23.5 Å². The van der Waals surface area contributed by atoms with Crippen LogP contribution in [0, 0.1) is 0 Å². The maximum Gasteiger partial charge on any atom is 0.320 e.